The van der Waals surface area contributed by atoms with E-state index in [4.69, 9.17) is 16.3 Å². The molecule has 36 heavy (non-hydrogen) atoms. The minimum Gasteiger partial charge on any atom is -0.487 e. The molecule has 9 nitrogen and oxygen atoms in total. The SMILES string of the molecule is O=C1NC(=O)N(c2ccccc2Cl)C(=O)/C1=C/c1cc(Br)cc(Br)c1OCc1ccc([N+](=O)[O-])cc1. The highest BCUT2D eigenvalue weighted by atomic mass is 79.9. The van der Waals surface area contributed by atoms with Crippen LogP contribution in [0, 0.1) is 10.1 Å². The van der Waals surface area contributed by atoms with Crippen molar-refractivity contribution in [3.05, 3.63) is 101 Å². The summed E-state index contributed by atoms with van der Waals surface area (Å²) in [4.78, 5) is 49.5. The number of imide groups is 2. The van der Waals surface area contributed by atoms with E-state index in [9.17, 15) is 24.5 Å². The maximum atomic E-state index is 13.2. The molecule has 0 spiro atoms. The highest BCUT2D eigenvalue weighted by molar-refractivity contribution is 9.11. The van der Waals surface area contributed by atoms with Crippen LogP contribution < -0.4 is 15.0 Å². The number of hydrogen-bond acceptors (Lipinski definition) is 6. The first kappa shape index (κ1) is 25.5. The molecule has 1 aliphatic rings. The van der Waals surface area contributed by atoms with Crippen LogP contribution in [0.4, 0.5) is 16.2 Å². The summed E-state index contributed by atoms with van der Waals surface area (Å²) < 4.78 is 7.10. The summed E-state index contributed by atoms with van der Waals surface area (Å²) in [6.45, 7) is 0.0543. The molecule has 1 fully saturated rings. The molecule has 4 amide bonds. The summed E-state index contributed by atoms with van der Waals surface area (Å²) in [5.41, 5.74) is 0.805. The van der Waals surface area contributed by atoms with Gasteiger partial charge in [0, 0.05) is 22.2 Å². The molecule has 1 aliphatic heterocycles. The summed E-state index contributed by atoms with van der Waals surface area (Å²) in [5.74, 6) is -1.41. The van der Waals surface area contributed by atoms with Gasteiger partial charge in [-0.25, -0.2) is 9.69 Å². The lowest BCUT2D eigenvalue weighted by atomic mass is 10.1. The zero-order valence-electron chi connectivity index (χ0n) is 18.0. The van der Waals surface area contributed by atoms with Gasteiger partial charge in [0.15, 0.2) is 0 Å². The number of urea groups is 1. The Hall–Kier alpha value is -3.54. The first-order valence-electron chi connectivity index (χ1n) is 10.2. The Bertz CT molecular complexity index is 1440. The summed E-state index contributed by atoms with van der Waals surface area (Å²) in [5, 5.41) is 13.2. The number of ether oxygens (including phenoxy) is 1. The van der Waals surface area contributed by atoms with Gasteiger partial charge in [-0.15, -0.1) is 0 Å². The van der Waals surface area contributed by atoms with Gasteiger partial charge in [-0.3, -0.25) is 25.0 Å². The Morgan fingerprint density at radius 3 is 2.42 bits per heavy atom. The Morgan fingerprint density at radius 2 is 1.75 bits per heavy atom. The molecule has 0 aromatic heterocycles. The second-order valence-corrected chi connectivity index (χ2v) is 9.60. The molecule has 0 aliphatic carbocycles. The number of anilines is 1. The van der Waals surface area contributed by atoms with Gasteiger partial charge >= 0.3 is 6.03 Å². The number of carbonyl (C=O) groups is 3. The van der Waals surface area contributed by atoms with Gasteiger partial charge in [-0.05, 0) is 64.0 Å². The van der Waals surface area contributed by atoms with Crippen molar-refractivity contribution in [1.82, 2.24) is 5.32 Å². The zero-order chi connectivity index (χ0) is 26.0. The first-order valence-corrected chi connectivity index (χ1v) is 12.1. The number of halogens is 3. The lowest BCUT2D eigenvalue weighted by Gasteiger charge is -2.27. The molecule has 0 bridgehead atoms. The van der Waals surface area contributed by atoms with Crippen LogP contribution in [0.2, 0.25) is 5.02 Å². The second kappa shape index (κ2) is 10.6. The fourth-order valence-electron chi connectivity index (χ4n) is 3.37. The molecule has 1 heterocycles. The molecule has 182 valence electrons. The molecule has 4 rings (SSSR count). The molecule has 1 saturated heterocycles. The van der Waals surface area contributed by atoms with Gasteiger partial charge in [-0.1, -0.05) is 39.7 Å². The number of para-hydroxylation sites is 1. The fourth-order valence-corrected chi connectivity index (χ4v) is 4.97. The number of nitrogens with one attached hydrogen (secondary N) is 1. The van der Waals surface area contributed by atoms with Crippen molar-refractivity contribution in [2.75, 3.05) is 4.90 Å². The van der Waals surface area contributed by atoms with E-state index in [-0.39, 0.29) is 28.6 Å². The lowest BCUT2D eigenvalue weighted by Crippen LogP contribution is -2.54. The van der Waals surface area contributed by atoms with Gasteiger partial charge in [0.1, 0.15) is 17.9 Å². The molecule has 3 aromatic carbocycles. The molecule has 0 radical (unpaired) electrons. The number of carbonyl (C=O) groups excluding carboxylic acids is 3. The Kier molecular flexibility index (Phi) is 7.53. The van der Waals surface area contributed by atoms with E-state index in [0.717, 1.165) is 4.90 Å². The predicted molar refractivity (Wildman–Crippen MR) is 140 cm³/mol. The standard InChI is InChI=1S/C24H14Br2ClN3O6/c25-15-9-14(21(18(26)11-15)36-12-13-5-7-16(8-6-13)30(34)35)10-17-22(31)28-24(33)29(23(17)32)20-4-2-1-3-19(20)27/h1-11H,12H2,(H,28,31,33)/b17-10+. The summed E-state index contributed by atoms with van der Waals surface area (Å²) >= 11 is 13.0. The van der Waals surface area contributed by atoms with Crippen molar-refractivity contribution in [3.63, 3.8) is 0 Å². The van der Waals surface area contributed by atoms with Crippen molar-refractivity contribution in [1.29, 1.82) is 0 Å². The van der Waals surface area contributed by atoms with E-state index in [1.54, 1.807) is 36.4 Å². The van der Waals surface area contributed by atoms with Crippen LogP contribution >= 0.6 is 43.5 Å². The maximum absolute atomic E-state index is 13.2. The van der Waals surface area contributed by atoms with E-state index in [0.29, 0.717) is 25.8 Å². The number of barbiturate groups is 1. The minimum atomic E-state index is -0.916. The second-order valence-electron chi connectivity index (χ2n) is 7.43. The van der Waals surface area contributed by atoms with Crippen molar-refractivity contribution >= 4 is 78.8 Å². The van der Waals surface area contributed by atoms with E-state index < -0.39 is 22.8 Å². The molecule has 3 aromatic rings. The van der Waals surface area contributed by atoms with E-state index in [2.05, 4.69) is 37.2 Å². The van der Waals surface area contributed by atoms with E-state index in [1.807, 2.05) is 0 Å². The van der Waals surface area contributed by atoms with Crippen LogP contribution in [0.1, 0.15) is 11.1 Å². The van der Waals surface area contributed by atoms with Crippen molar-refractivity contribution in [3.8, 4) is 5.75 Å². The Morgan fingerprint density at radius 1 is 1.06 bits per heavy atom. The predicted octanol–water partition coefficient (Wildman–Crippen LogP) is 6.02. The third-order valence-corrected chi connectivity index (χ3v) is 6.43. The monoisotopic (exact) mass is 633 g/mol. The van der Waals surface area contributed by atoms with Crippen molar-refractivity contribution in [2.24, 2.45) is 0 Å². The third-order valence-electron chi connectivity index (χ3n) is 5.06. The number of nitro groups is 1. The average Bonchev–Trinajstić information content (AvgIpc) is 2.82. The highest BCUT2D eigenvalue weighted by Gasteiger charge is 2.37. The van der Waals surface area contributed by atoms with Crippen LogP contribution in [-0.2, 0) is 16.2 Å². The molecule has 12 heteroatoms. The molecular weight excluding hydrogens is 622 g/mol. The normalized spacial score (nSPS) is 14.7. The topological polar surface area (TPSA) is 119 Å². The number of nitro benzene ring substituents is 1. The minimum absolute atomic E-state index is 0.0477. The van der Waals surface area contributed by atoms with Crippen LogP contribution in [0.5, 0.6) is 5.75 Å². The number of non-ortho nitro benzene ring substituents is 1. The number of amides is 4. The van der Waals surface area contributed by atoms with Crippen LogP contribution in [-0.4, -0.2) is 22.8 Å². The maximum Gasteiger partial charge on any atom is 0.335 e. The van der Waals surface area contributed by atoms with Gasteiger partial charge in [0.2, 0.25) is 0 Å². The lowest BCUT2D eigenvalue weighted by molar-refractivity contribution is -0.384. The van der Waals surface area contributed by atoms with Crippen LogP contribution in [0.15, 0.2) is 75.2 Å². The van der Waals surface area contributed by atoms with E-state index >= 15 is 0 Å². The Balaban J connectivity index is 1.69. The van der Waals surface area contributed by atoms with Crippen molar-refractivity contribution < 1.29 is 24.0 Å². The number of rotatable bonds is 6. The molecule has 0 unspecified atom stereocenters. The van der Waals surface area contributed by atoms with E-state index in [1.165, 1.54) is 30.3 Å². The molecular formula is C24H14Br2ClN3O6. The fraction of sp³-hybridized carbons (Fsp3) is 0.0417. The summed E-state index contributed by atoms with van der Waals surface area (Å²) in [6, 6.07) is 14.6. The summed E-state index contributed by atoms with van der Waals surface area (Å²) in [7, 11) is 0. The van der Waals surface area contributed by atoms with Gasteiger partial charge in [0.25, 0.3) is 17.5 Å². The van der Waals surface area contributed by atoms with Gasteiger partial charge < -0.3 is 4.74 Å². The largest absolute Gasteiger partial charge is 0.487 e. The zero-order valence-corrected chi connectivity index (χ0v) is 22.0. The van der Waals surface area contributed by atoms with Gasteiger partial charge in [0.05, 0.1) is 20.1 Å². The Labute approximate surface area is 226 Å². The molecule has 0 saturated carbocycles. The number of benzene rings is 3. The van der Waals surface area contributed by atoms with Crippen LogP contribution in [0.25, 0.3) is 6.08 Å². The molecule has 1 N–H and O–H groups in total. The number of nitrogens with zero attached hydrogens (tertiary/aromatic N) is 2. The molecule has 0 atom stereocenters. The quantitative estimate of drug-likeness (QED) is 0.153. The highest BCUT2D eigenvalue weighted by Crippen LogP contribution is 2.36. The third kappa shape index (κ3) is 5.32. The summed E-state index contributed by atoms with van der Waals surface area (Å²) in [6.07, 6.45) is 1.31. The van der Waals surface area contributed by atoms with Crippen LogP contribution in [0.3, 0.4) is 0 Å². The van der Waals surface area contributed by atoms with Gasteiger partial charge in [-0.2, -0.15) is 0 Å². The average molecular weight is 636 g/mol. The number of hydrogen-bond donors (Lipinski definition) is 1. The smallest absolute Gasteiger partial charge is 0.335 e. The van der Waals surface area contributed by atoms with Crippen molar-refractivity contribution in [2.45, 2.75) is 6.61 Å². The first-order chi connectivity index (χ1) is 17.2.